The minimum atomic E-state index is -0.104. The van der Waals surface area contributed by atoms with E-state index in [4.69, 9.17) is 5.41 Å². The summed E-state index contributed by atoms with van der Waals surface area (Å²) in [4.78, 5) is 0. The van der Waals surface area contributed by atoms with Gasteiger partial charge in [0.15, 0.2) is 12.0 Å². The van der Waals surface area contributed by atoms with Crippen molar-refractivity contribution < 1.29 is 0 Å². The lowest BCUT2D eigenvalue weighted by atomic mass is 10.1. The van der Waals surface area contributed by atoms with E-state index in [2.05, 4.69) is 15.5 Å². The van der Waals surface area contributed by atoms with Crippen LogP contribution in [0, 0.1) is 5.41 Å². The maximum absolute atomic E-state index is 7.34. The van der Waals surface area contributed by atoms with Gasteiger partial charge in [0.25, 0.3) is 0 Å². The van der Waals surface area contributed by atoms with Crippen LogP contribution in [0.1, 0.15) is 6.92 Å². The lowest BCUT2D eigenvalue weighted by Crippen LogP contribution is -2.28. The molecule has 0 saturated heterocycles. The molecule has 0 fully saturated rings. The van der Waals surface area contributed by atoms with Crippen LogP contribution in [0.3, 0.4) is 0 Å². The Labute approximate surface area is 64.2 Å². The molecule has 4 heteroatoms. The molecule has 11 heavy (non-hydrogen) atoms. The van der Waals surface area contributed by atoms with Crippen LogP contribution in [0.4, 0.5) is 0 Å². The van der Waals surface area contributed by atoms with E-state index in [-0.39, 0.29) is 12.0 Å². The zero-order chi connectivity index (χ0) is 7.84. The second kappa shape index (κ2) is 2.02. The smallest absolute Gasteiger partial charge is 0.174 e. The molecule has 0 unspecified atom stereocenters. The van der Waals surface area contributed by atoms with E-state index < -0.39 is 0 Å². The highest BCUT2D eigenvalue weighted by Crippen LogP contribution is 2.19. The lowest BCUT2D eigenvalue weighted by Gasteiger charge is -2.15. The number of allylic oxidation sites excluding steroid dienone is 3. The fourth-order valence-corrected chi connectivity index (χ4v) is 1.12. The molecule has 0 aromatic heterocycles. The Bertz CT molecular complexity index is 298. The van der Waals surface area contributed by atoms with Crippen molar-refractivity contribution in [2.75, 3.05) is 0 Å². The lowest BCUT2D eigenvalue weighted by molar-refractivity contribution is 0.671. The molecule has 0 aromatic rings. The summed E-state index contributed by atoms with van der Waals surface area (Å²) in [7, 11) is 0. The van der Waals surface area contributed by atoms with Crippen molar-refractivity contribution >= 4 is 5.84 Å². The van der Waals surface area contributed by atoms with Gasteiger partial charge in [-0.3, -0.25) is 5.41 Å². The first kappa shape index (κ1) is 6.27. The Morgan fingerprint density at radius 1 is 1.55 bits per heavy atom. The second-order valence-electron chi connectivity index (χ2n) is 2.58. The minimum absolute atomic E-state index is 0.104. The Morgan fingerprint density at radius 2 is 2.36 bits per heavy atom. The highest BCUT2D eigenvalue weighted by Gasteiger charge is 2.24. The molecule has 0 radical (unpaired) electrons. The number of azo groups is 1. The molecule has 2 aliphatic rings. The Morgan fingerprint density at radius 3 is 3.18 bits per heavy atom. The predicted molar refractivity (Wildman–Crippen MR) is 41.3 cm³/mol. The van der Waals surface area contributed by atoms with Gasteiger partial charge in [-0.15, -0.1) is 5.11 Å². The largest absolute Gasteiger partial charge is 0.362 e. The fraction of sp³-hybridized carbons (Fsp3) is 0.286. The third-order valence-corrected chi connectivity index (χ3v) is 1.72. The SMILES string of the molecule is CC1=CC=C2C(=N)N=N[C@H]2N1. The van der Waals surface area contributed by atoms with Gasteiger partial charge in [-0.25, -0.2) is 0 Å². The number of nitrogens with one attached hydrogen (secondary N) is 2. The van der Waals surface area contributed by atoms with Crippen LogP contribution in [0.5, 0.6) is 0 Å². The van der Waals surface area contributed by atoms with Gasteiger partial charge in [0.05, 0.1) is 0 Å². The van der Waals surface area contributed by atoms with E-state index in [9.17, 15) is 0 Å². The first-order valence-electron chi connectivity index (χ1n) is 3.42. The van der Waals surface area contributed by atoms with Gasteiger partial charge < -0.3 is 5.32 Å². The summed E-state index contributed by atoms with van der Waals surface area (Å²) < 4.78 is 0. The van der Waals surface area contributed by atoms with E-state index in [0.29, 0.717) is 0 Å². The van der Waals surface area contributed by atoms with Crippen molar-refractivity contribution in [3.05, 3.63) is 23.4 Å². The standard InChI is InChI=1S/C7H8N4/c1-4-2-3-5-6(8)10-11-7(5)9-4/h2-3,7-9H,1H3/t7-/m1/s1. The average molecular weight is 148 g/mol. The number of dihydropyridines is 1. The summed E-state index contributed by atoms with van der Waals surface area (Å²) in [6, 6.07) is 0. The van der Waals surface area contributed by atoms with Crippen molar-refractivity contribution in [2.45, 2.75) is 13.1 Å². The highest BCUT2D eigenvalue weighted by molar-refractivity contribution is 5.99. The molecule has 0 aromatic carbocycles. The van der Waals surface area contributed by atoms with Gasteiger partial charge >= 0.3 is 0 Å². The summed E-state index contributed by atoms with van der Waals surface area (Å²) in [6.07, 6.45) is 3.71. The number of amidine groups is 1. The summed E-state index contributed by atoms with van der Waals surface area (Å²) >= 11 is 0. The van der Waals surface area contributed by atoms with Crippen molar-refractivity contribution in [1.82, 2.24) is 5.32 Å². The summed E-state index contributed by atoms with van der Waals surface area (Å²) in [5.41, 5.74) is 1.92. The van der Waals surface area contributed by atoms with Gasteiger partial charge in [0.2, 0.25) is 0 Å². The molecular formula is C7H8N4. The molecule has 2 N–H and O–H groups in total. The maximum atomic E-state index is 7.34. The highest BCUT2D eigenvalue weighted by atomic mass is 15.3. The second-order valence-corrected chi connectivity index (χ2v) is 2.58. The average Bonchev–Trinajstić information content (AvgIpc) is 2.32. The Kier molecular flexibility index (Phi) is 1.15. The molecule has 1 atom stereocenters. The van der Waals surface area contributed by atoms with Gasteiger partial charge in [0, 0.05) is 11.3 Å². The molecular weight excluding hydrogens is 140 g/mol. The third kappa shape index (κ3) is 0.869. The molecule has 2 rings (SSSR count). The third-order valence-electron chi connectivity index (χ3n) is 1.72. The molecule has 2 aliphatic heterocycles. The van der Waals surface area contributed by atoms with E-state index in [0.717, 1.165) is 11.3 Å². The van der Waals surface area contributed by atoms with Crippen LogP contribution in [0.25, 0.3) is 0 Å². The number of rotatable bonds is 0. The molecule has 4 nitrogen and oxygen atoms in total. The Balaban J connectivity index is 2.38. The normalized spacial score (nSPS) is 27.4. The number of hydrogen-bond acceptors (Lipinski definition) is 3. The van der Waals surface area contributed by atoms with Crippen molar-refractivity contribution in [1.29, 1.82) is 5.41 Å². The number of fused-ring (bicyclic) bond motifs is 1. The molecule has 2 heterocycles. The number of nitrogens with zero attached hydrogens (tertiary/aromatic N) is 2. The van der Waals surface area contributed by atoms with Crippen molar-refractivity contribution in [2.24, 2.45) is 10.2 Å². The monoisotopic (exact) mass is 148 g/mol. The van der Waals surface area contributed by atoms with Gasteiger partial charge in [-0.05, 0) is 19.1 Å². The van der Waals surface area contributed by atoms with E-state index in [1.165, 1.54) is 0 Å². The van der Waals surface area contributed by atoms with Crippen molar-refractivity contribution in [3.63, 3.8) is 0 Å². The van der Waals surface area contributed by atoms with Crippen LogP contribution in [-0.4, -0.2) is 12.0 Å². The van der Waals surface area contributed by atoms with E-state index >= 15 is 0 Å². The molecule has 0 amide bonds. The first-order valence-corrected chi connectivity index (χ1v) is 3.42. The minimum Gasteiger partial charge on any atom is -0.362 e. The molecule has 0 saturated carbocycles. The zero-order valence-electron chi connectivity index (χ0n) is 6.13. The van der Waals surface area contributed by atoms with Gasteiger partial charge in [-0.2, -0.15) is 5.11 Å². The predicted octanol–water partition coefficient (Wildman–Crippen LogP) is 1.19. The zero-order valence-corrected chi connectivity index (χ0v) is 6.13. The number of hydrogen-bond donors (Lipinski definition) is 2. The van der Waals surface area contributed by atoms with Crippen LogP contribution in [0.15, 0.2) is 33.7 Å². The van der Waals surface area contributed by atoms with Crippen LogP contribution in [0.2, 0.25) is 0 Å². The van der Waals surface area contributed by atoms with Gasteiger partial charge in [-0.1, -0.05) is 0 Å². The Hall–Kier alpha value is -1.45. The summed E-state index contributed by atoms with van der Waals surface area (Å²) in [5, 5.41) is 18.0. The van der Waals surface area contributed by atoms with Gasteiger partial charge in [0.1, 0.15) is 0 Å². The van der Waals surface area contributed by atoms with Crippen molar-refractivity contribution in [3.8, 4) is 0 Å². The summed E-state index contributed by atoms with van der Waals surface area (Å²) in [5.74, 6) is 0.270. The fourth-order valence-electron chi connectivity index (χ4n) is 1.12. The van der Waals surface area contributed by atoms with Crippen LogP contribution >= 0.6 is 0 Å². The summed E-state index contributed by atoms with van der Waals surface area (Å²) in [6.45, 7) is 1.96. The first-order chi connectivity index (χ1) is 5.27. The maximum Gasteiger partial charge on any atom is 0.174 e. The van der Waals surface area contributed by atoms with E-state index in [1.807, 2.05) is 19.1 Å². The van der Waals surface area contributed by atoms with Crippen LogP contribution < -0.4 is 5.32 Å². The van der Waals surface area contributed by atoms with Crippen LogP contribution in [-0.2, 0) is 0 Å². The molecule has 0 spiro atoms. The molecule has 0 bridgehead atoms. The van der Waals surface area contributed by atoms with E-state index in [1.54, 1.807) is 0 Å². The molecule has 56 valence electrons. The topological polar surface area (TPSA) is 60.6 Å². The molecule has 0 aliphatic carbocycles. The quantitative estimate of drug-likeness (QED) is 0.532.